The molecule has 0 spiro atoms. The molecule has 3 rings (SSSR count). The molecule has 0 aromatic heterocycles. The fourth-order valence-electron chi connectivity index (χ4n) is 3.75. The molecule has 6 nitrogen and oxygen atoms in total. The molecular weight excluding hydrogens is 347 g/mol. The Morgan fingerprint density at radius 3 is 2.11 bits per heavy atom. The van der Waals surface area contributed by atoms with Gasteiger partial charge in [0.2, 0.25) is 11.8 Å². The minimum Gasteiger partial charge on any atom is -0.339 e. The van der Waals surface area contributed by atoms with Gasteiger partial charge in [0.25, 0.3) is 0 Å². The lowest BCUT2D eigenvalue weighted by molar-refractivity contribution is -0.139. The smallest absolute Gasteiger partial charge is 0.236 e. The summed E-state index contributed by atoms with van der Waals surface area (Å²) in [5.41, 5.74) is 1.12. The van der Waals surface area contributed by atoms with E-state index in [1.807, 2.05) is 17.0 Å². The van der Waals surface area contributed by atoms with E-state index in [9.17, 15) is 14.0 Å². The summed E-state index contributed by atoms with van der Waals surface area (Å²) in [6.07, 6.45) is 1.02. The van der Waals surface area contributed by atoms with Gasteiger partial charge in [-0.1, -0.05) is 12.1 Å². The third kappa shape index (κ3) is 5.74. The van der Waals surface area contributed by atoms with Gasteiger partial charge < -0.3 is 9.80 Å². The minimum atomic E-state index is -0.205. The first-order valence-corrected chi connectivity index (χ1v) is 9.74. The topological polar surface area (TPSA) is 47.1 Å². The summed E-state index contributed by atoms with van der Waals surface area (Å²) < 4.78 is 13.0. The highest BCUT2D eigenvalue weighted by molar-refractivity contribution is 5.79. The molecule has 27 heavy (non-hydrogen) atoms. The summed E-state index contributed by atoms with van der Waals surface area (Å²) in [4.78, 5) is 32.3. The van der Waals surface area contributed by atoms with Gasteiger partial charge in [-0.2, -0.15) is 0 Å². The molecule has 2 heterocycles. The summed E-state index contributed by atoms with van der Waals surface area (Å²) in [6.45, 7) is 9.03. The fraction of sp³-hybridized carbons (Fsp3) is 0.600. The van der Waals surface area contributed by atoms with Gasteiger partial charge in [0, 0.05) is 52.7 Å². The zero-order valence-electron chi connectivity index (χ0n) is 16.1. The van der Waals surface area contributed by atoms with Crippen molar-refractivity contribution in [3.8, 4) is 0 Å². The van der Waals surface area contributed by atoms with E-state index in [1.54, 1.807) is 11.8 Å². The molecule has 0 radical (unpaired) electrons. The number of benzene rings is 1. The SMILES string of the molecule is CC(=O)N1CCN(C(=O)CN2CCCN(Cc3ccc(F)cc3)CC2)CC1. The molecule has 0 saturated carbocycles. The molecule has 1 aromatic rings. The molecule has 2 fully saturated rings. The fourth-order valence-corrected chi connectivity index (χ4v) is 3.75. The van der Waals surface area contributed by atoms with Crippen LogP contribution in [-0.2, 0) is 16.1 Å². The Balaban J connectivity index is 1.43. The molecule has 0 N–H and O–H groups in total. The Morgan fingerprint density at radius 1 is 0.852 bits per heavy atom. The first kappa shape index (κ1) is 19.8. The van der Waals surface area contributed by atoms with Crippen LogP contribution < -0.4 is 0 Å². The molecule has 7 heteroatoms. The van der Waals surface area contributed by atoms with Crippen molar-refractivity contribution >= 4 is 11.8 Å². The van der Waals surface area contributed by atoms with Crippen LogP contribution in [0.5, 0.6) is 0 Å². The number of amides is 2. The van der Waals surface area contributed by atoms with Crippen LogP contribution >= 0.6 is 0 Å². The van der Waals surface area contributed by atoms with Crippen molar-refractivity contribution in [1.29, 1.82) is 0 Å². The van der Waals surface area contributed by atoms with E-state index in [0.29, 0.717) is 32.7 Å². The Kier molecular flexibility index (Phi) is 6.79. The Morgan fingerprint density at radius 2 is 1.44 bits per heavy atom. The van der Waals surface area contributed by atoms with Crippen molar-refractivity contribution < 1.29 is 14.0 Å². The first-order chi connectivity index (χ1) is 13.0. The van der Waals surface area contributed by atoms with Gasteiger partial charge in [0.1, 0.15) is 5.82 Å². The van der Waals surface area contributed by atoms with Crippen molar-refractivity contribution in [2.24, 2.45) is 0 Å². The minimum absolute atomic E-state index is 0.0795. The highest BCUT2D eigenvalue weighted by Crippen LogP contribution is 2.11. The number of hydrogen-bond donors (Lipinski definition) is 0. The van der Waals surface area contributed by atoms with Gasteiger partial charge in [-0.05, 0) is 37.2 Å². The first-order valence-electron chi connectivity index (χ1n) is 9.74. The molecule has 0 bridgehead atoms. The molecule has 2 amide bonds. The summed E-state index contributed by atoms with van der Waals surface area (Å²) in [6, 6.07) is 6.68. The Labute approximate surface area is 160 Å². The average molecular weight is 376 g/mol. The van der Waals surface area contributed by atoms with Crippen molar-refractivity contribution in [3.05, 3.63) is 35.6 Å². The molecular formula is C20H29FN4O2. The monoisotopic (exact) mass is 376 g/mol. The van der Waals surface area contributed by atoms with Crippen LogP contribution in [0.25, 0.3) is 0 Å². The van der Waals surface area contributed by atoms with Gasteiger partial charge in [0.15, 0.2) is 0 Å². The second-order valence-corrected chi connectivity index (χ2v) is 7.42. The maximum Gasteiger partial charge on any atom is 0.236 e. The molecule has 2 aliphatic heterocycles. The van der Waals surface area contributed by atoms with E-state index >= 15 is 0 Å². The molecule has 2 saturated heterocycles. The second kappa shape index (κ2) is 9.28. The lowest BCUT2D eigenvalue weighted by Crippen LogP contribution is -2.52. The van der Waals surface area contributed by atoms with E-state index in [1.165, 1.54) is 12.1 Å². The number of carbonyl (C=O) groups is 2. The molecule has 148 valence electrons. The number of halogens is 1. The maximum absolute atomic E-state index is 13.0. The zero-order valence-corrected chi connectivity index (χ0v) is 16.1. The van der Waals surface area contributed by atoms with Crippen LogP contribution in [0.4, 0.5) is 4.39 Å². The molecule has 0 aliphatic carbocycles. The van der Waals surface area contributed by atoms with Crippen molar-refractivity contribution in [3.63, 3.8) is 0 Å². The highest BCUT2D eigenvalue weighted by Gasteiger charge is 2.24. The van der Waals surface area contributed by atoms with Crippen LogP contribution in [0.15, 0.2) is 24.3 Å². The second-order valence-electron chi connectivity index (χ2n) is 7.42. The van der Waals surface area contributed by atoms with Crippen molar-refractivity contribution in [2.45, 2.75) is 19.9 Å². The van der Waals surface area contributed by atoms with Crippen LogP contribution in [0.2, 0.25) is 0 Å². The lowest BCUT2D eigenvalue weighted by Gasteiger charge is -2.35. The predicted octanol–water partition coefficient (Wildman–Crippen LogP) is 1.02. The van der Waals surface area contributed by atoms with E-state index in [0.717, 1.165) is 44.7 Å². The predicted molar refractivity (Wildman–Crippen MR) is 102 cm³/mol. The largest absolute Gasteiger partial charge is 0.339 e. The zero-order chi connectivity index (χ0) is 19.2. The summed E-state index contributed by atoms with van der Waals surface area (Å²) in [7, 11) is 0. The van der Waals surface area contributed by atoms with E-state index < -0.39 is 0 Å². The molecule has 0 unspecified atom stereocenters. The van der Waals surface area contributed by atoms with Crippen molar-refractivity contribution in [1.82, 2.24) is 19.6 Å². The summed E-state index contributed by atoms with van der Waals surface area (Å²) in [5, 5.41) is 0. The molecule has 0 atom stereocenters. The van der Waals surface area contributed by atoms with E-state index in [2.05, 4.69) is 9.80 Å². The van der Waals surface area contributed by atoms with E-state index in [4.69, 9.17) is 0 Å². The van der Waals surface area contributed by atoms with Gasteiger partial charge in [-0.25, -0.2) is 4.39 Å². The third-order valence-corrected chi connectivity index (χ3v) is 5.44. The van der Waals surface area contributed by atoms with Crippen molar-refractivity contribution in [2.75, 3.05) is 58.9 Å². The standard InChI is InChI=1S/C20H29FN4O2/c1-17(26)24-11-13-25(14-12-24)20(27)16-23-8-2-7-22(9-10-23)15-18-3-5-19(21)6-4-18/h3-6H,2,7-16H2,1H3. The van der Waals surface area contributed by atoms with Gasteiger partial charge in [-0.15, -0.1) is 0 Å². The Bertz CT molecular complexity index is 644. The number of carbonyl (C=O) groups excluding carboxylic acids is 2. The highest BCUT2D eigenvalue weighted by atomic mass is 19.1. The summed E-state index contributed by atoms with van der Waals surface area (Å²) >= 11 is 0. The number of rotatable bonds is 4. The van der Waals surface area contributed by atoms with Crippen LogP contribution in [0, 0.1) is 5.82 Å². The number of piperazine rings is 1. The molecule has 1 aromatic carbocycles. The number of nitrogens with zero attached hydrogens (tertiary/aromatic N) is 4. The number of hydrogen-bond acceptors (Lipinski definition) is 4. The normalized spacial score (nSPS) is 19.8. The van der Waals surface area contributed by atoms with Crippen LogP contribution in [0.3, 0.4) is 0 Å². The van der Waals surface area contributed by atoms with Crippen LogP contribution in [-0.4, -0.2) is 90.3 Å². The Hall–Kier alpha value is -1.99. The average Bonchev–Trinajstić information content (AvgIpc) is 2.89. The maximum atomic E-state index is 13.0. The molecule has 2 aliphatic rings. The van der Waals surface area contributed by atoms with Crippen LogP contribution in [0.1, 0.15) is 18.9 Å². The summed E-state index contributed by atoms with van der Waals surface area (Å²) in [5.74, 6) is 0.0319. The van der Waals surface area contributed by atoms with E-state index in [-0.39, 0.29) is 17.6 Å². The van der Waals surface area contributed by atoms with Gasteiger partial charge in [0.05, 0.1) is 6.54 Å². The van der Waals surface area contributed by atoms with Gasteiger partial charge >= 0.3 is 0 Å². The lowest BCUT2D eigenvalue weighted by atomic mass is 10.2. The quantitative estimate of drug-likeness (QED) is 0.787. The van der Waals surface area contributed by atoms with Gasteiger partial charge in [-0.3, -0.25) is 19.4 Å². The third-order valence-electron chi connectivity index (χ3n) is 5.44.